The van der Waals surface area contributed by atoms with Gasteiger partial charge in [0.05, 0.1) is 13.2 Å². The third-order valence-electron chi connectivity index (χ3n) is 4.74. The Balaban J connectivity index is 2.21. The monoisotopic (exact) mass is 377 g/mol. The van der Waals surface area contributed by atoms with Crippen LogP contribution in [-0.2, 0) is 0 Å². The average Bonchev–Trinajstić information content (AvgIpc) is 2.66. The summed E-state index contributed by atoms with van der Waals surface area (Å²) >= 11 is 0. The van der Waals surface area contributed by atoms with E-state index in [1.807, 2.05) is 59.5 Å². The molecule has 0 spiro atoms. The van der Waals surface area contributed by atoms with Crippen molar-refractivity contribution in [3.8, 4) is 12.1 Å². The SMILES string of the molecule is CC1(C)CC(C=Cc2ccc(N(CCO)CCO)cc2)=CC(=C(C#N)C#N)C1. The lowest BCUT2D eigenvalue weighted by Crippen LogP contribution is -2.29. The van der Waals surface area contributed by atoms with Crippen molar-refractivity contribution in [3.05, 3.63) is 58.7 Å². The van der Waals surface area contributed by atoms with Gasteiger partial charge in [0, 0.05) is 18.8 Å². The Bertz CT molecular complexity index is 827. The fourth-order valence-electron chi connectivity index (χ4n) is 3.50. The van der Waals surface area contributed by atoms with Crippen LogP contribution in [0.3, 0.4) is 0 Å². The maximum Gasteiger partial charge on any atom is 0.132 e. The summed E-state index contributed by atoms with van der Waals surface area (Å²) in [6, 6.07) is 11.9. The number of aliphatic hydroxyl groups excluding tert-OH is 2. The molecule has 0 amide bonds. The fraction of sp³-hybridized carbons (Fsp3) is 0.391. The Morgan fingerprint density at radius 2 is 1.64 bits per heavy atom. The summed E-state index contributed by atoms with van der Waals surface area (Å²) in [7, 11) is 0. The van der Waals surface area contributed by atoms with Gasteiger partial charge < -0.3 is 15.1 Å². The van der Waals surface area contributed by atoms with Crippen molar-refractivity contribution in [3.63, 3.8) is 0 Å². The standard InChI is InChI=1S/C23H27N3O2/c1-23(2)14-19(13-20(15-23)21(16-24)17-25)4-3-18-5-7-22(8-6-18)26(9-11-27)10-12-28/h3-8,13,27-28H,9-12,14-15H2,1-2H3. The van der Waals surface area contributed by atoms with Crippen LogP contribution < -0.4 is 4.90 Å². The first-order valence-corrected chi connectivity index (χ1v) is 9.41. The first-order valence-electron chi connectivity index (χ1n) is 9.41. The van der Waals surface area contributed by atoms with Crippen LogP contribution in [0.1, 0.15) is 32.3 Å². The van der Waals surface area contributed by atoms with E-state index in [2.05, 4.69) is 13.8 Å². The first-order chi connectivity index (χ1) is 13.4. The molecule has 1 aromatic carbocycles. The molecule has 0 saturated heterocycles. The van der Waals surface area contributed by atoms with Gasteiger partial charge in [-0.1, -0.05) is 44.2 Å². The van der Waals surface area contributed by atoms with Crippen molar-refractivity contribution >= 4 is 11.8 Å². The Morgan fingerprint density at radius 3 is 2.18 bits per heavy atom. The van der Waals surface area contributed by atoms with Crippen molar-refractivity contribution in [2.45, 2.75) is 26.7 Å². The highest BCUT2D eigenvalue weighted by atomic mass is 16.3. The molecule has 0 heterocycles. The highest BCUT2D eigenvalue weighted by Gasteiger charge is 2.26. The molecule has 0 aliphatic heterocycles. The van der Waals surface area contributed by atoms with E-state index in [-0.39, 0.29) is 24.2 Å². The Labute approximate surface area is 167 Å². The van der Waals surface area contributed by atoms with E-state index in [0.29, 0.717) is 13.1 Å². The molecule has 0 atom stereocenters. The molecular weight excluding hydrogens is 350 g/mol. The van der Waals surface area contributed by atoms with Crippen molar-refractivity contribution in [1.82, 2.24) is 0 Å². The summed E-state index contributed by atoms with van der Waals surface area (Å²) in [5.41, 5.74) is 4.08. The fourth-order valence-corrected chi connectivity index (χ4v) is 3.50. The van der Waals surface area contributed by atoms with Crippen LogP contribution in [0.5, 0.6) is 0 Å². The second kappa shape index (κ2) is 9.90. The largest absolute Gasteiger partial charge is 0.395 e. The van der Waals surface area contributed by atoms with E-state index in [1.54, 1.807) is 0 Å². The number of allylic oxidation sites excluding steroid dienone is 5. The van der Waals surface area contributed by atoms with Gasteiger partial charge in [0.1, 0.15) is 17.7 Å². The Hall–Kier alpha value is -2.86. The minimum atomic E-state index is 0.00164. The topological polar surface area (TPSA) is 91.3 Å². The van der Waals surface area contributed by atoms with Crippen molar-refractivity contribution < 1.29 is 10.2 Å². The van der Waals surface area contributed by atoms with Crippen LogP contribution in [0.25, 0.3) is 6.08 Å². The third kappa shape index (κ3) is 5.82. The Kier molecular flexibility index (Phi) is 7.58. The molecule has 1 aromatic rings. The number of nitrogens with zero attached hydrogens (tertiary/aromatic N) is 3. The van der Waals surface area contributed by atoms with Crippen molar-refractivity contribution in [2.75, 3.05) is 31.2 Å². The number of benzene rings is 1. The molecule has 1 aliphatic carbocycles. The average molecular weight is 377 g/mol. The van der Waals surface area contributed by atoms with Crippen LogP contribution in [0, 0.1) is 28.1 Å². The highest BCUT2D eigenvalue weighted by molar-refractivity contribution is 5.59. The number of rotatable bonds is 7. The second-order valence-electron chi connectivity index (χ2n) is 7.72. The third-order valence-corrected chi connectivity index (χ3v) is 4.74. The molecule has 1 aliphatic rings. The minimum Gasteiger partial charge on any atom is -0.395 e. The van der Waals surface area contributed by atoms with Gasteiger partial charge in [-0.3, -0.25) is 0 Å². The van der Waals surface area contributed by atoms with Crippen LogP contribution in [0.2, 0.25) is 0 Å². The number of hydrogen-bond donors (Lipinski definition) is 2. The molecule has 146 valence electrons. The van der Waals surface area contributed by atoms with Gasteiger partial charge in [0.15, 0.2) is 0 Å². The van der Waals surface area contributed by atoms with Gasteiger partial charge in [-0.05, 0) is 47.1 Å². The molecule has 2 N–H and O–H groups in total. The van der Waals surface area contributed by atoms with Crippen LogP contribution in [-0.4, -0.2) is 36.5 Å². The minimum absolute atomic E-state index is 0.00164. The lowest BCUT2D eigenvalue weighted by Gasteiger charge is -2.30. The lowest BCUT2D eigenvalue weighted by atomic mass is 9.74. The van der Waals surface area contributed by atoms with E-state index >= 15 is 0 Å². The summed E-state index contributed by atoms with van der Waals surface area (Å²) in [5.74, 6) is 0. The van der Waals surface area contributed by atoms with Crippen LogP contribution in [0.15, 0.2) is 53.1 Å². The zero-order chi connectivity index (χ0) is 20.6. The van der Waals surface area contributed by atoms with Gasteiger partial charge in [0.25, 0.3) is 0 Å². The molecule has 0 aromatic heterocycles. The van der Waals surface area contributed by atoms with Gasteiger partial charge in [-0.25, -0.2) is 0 Å². The predicted octanol–water partition coefficient (Wildman–Crippen LogP) is 3.58. The summed E-state index contributed by atoms with van der Waals surface area (Å²) in [5, 5.41) is 36.7. The summed E-state index contributed by atoms with van der Waals surface area (Å²) in [6.45, 7) is 5.32. The van der Waals surface area contributed by atoms with Gasteiger partial charge in [0.2, 0.25) is 0 Å². The molecular formula is C23H27N3O2. The Morgan fingerprint density at radius 1 is 1.04 bits per heavy atom. The van der Waals surface area contributed by atoms with Gasteiger partial charge in [-0.2, -0.15) is 10.5 Å². The highest BCUT2D eigenvalue weighted by Crippen LogP contribution is 2.39. The van der Waals surface area contributed by atoms with Crippen LogP contribution >= 0.6 is 0 Å². The van der Waals surface area contributed by atoms with E-state index in [1.165, 1.54) is 0 Å². The van der Waals surface area contributed by atoms with Crippen molar-refractivity contribution in [2.24, 2.45) is 5.41 Å². The zero-order valence-electron chi connectivity index (χ0n) is 16.5. The normalized spacial score (nSPS) is 15.6. The molecule has 2 rings (SSSR count). The molecule has 5 nitrogen and oxygen atoms in total. The van der Waals surface area contributed by atoms with E-state index < -0.39 is 0 Å². The van der Waals surface area contributed by atoms with Crippen molar-refractivity contribution in [1.29, 1.82) is 10.5 Å². The number of aliphatic hydroxyl groups is 2. The number of anilines is 1. The number of nitriles is 2. The maximum absolute atomic E-state index is 9.18. The predicted molar refractivity (Wildman–Crippen MR) is 111 cm³/mol. The van der Waals surface area contributed by atoms with E-state index in [0.717, 1.165) is 35.2 Å². The number of hydrogen-bond acceptors (Lipinski definition) is 5. The molecule has 28 heavy (non-hydrogen) atoms. The molecule has 0 saturated carbocycles. The van der Waals surface area contributed by atoms with E-state index in [9.17, 15) is 10.5 Å². The summed E-state index contributed by atoms with van der Waals surface area (Å²) < 4.78 is 0. The molecule has 5 heteroatoms. The first kappa shape index (κ1) is 21.4. The van der Waals surface area contributed by atoms with Crippen LogP contribution in [0.4, 0.5) is 5.69 Å². The molecule has 0 bridgehead atoms. The van der Waals surface area contributed by atoms with E-state index in [4.69, 9.17) is 10.2 Å². The quantitative estimate of drug-likeness (QED) is 0.709. The molecule has 0 fully saturated rings. The maximum atomic E-state index is 9.18. The zero-order valence-corrected chi connectivity index (χ0v) is 16.5. The lowest BCUT2D eigenvalue weighted by molar-refractivity contribution is 0.281. The smallest absolute Gasteiger partial charge is 0.132 e. The van der Waals surface area contributed by atoms with Gasteiger partial charge in [-0.15, -0.1) is 0 Å². The van der Waals surface area contributed by atoms with Gasteiger partial charge >= 0.3 is 0 Å². The summed E-state index contributed by atoms with van der Waals surface area (Å²) in [4.78, 5) is 1.93. The second-order valence-corrected chi connectivity index (χ2v) is 7.72. The summed E-state index contributed by atoms with van der Waals surface area (Å²) in [6.07, 6.45) is 7.64. The molecule has 0 unspecified atom stereocenters. The molecule has 0 radical (unpaired) electrons.